The summed E-state index contributed by atoms with van der Waals surface area (Å²) in [5.74, 6) is 0. The summed E-state index contributed by atoms with van der Waals surface area (Å²) >= 11 is 0. The van der Waals surface area contributed by atoms with E-state index in [0.717, 1.165) is 0 Å². The second kappa shape index (κ2) is 44.3. The first-order valence-corrected chi connectivity index (χ1v) is 20.1. The van der Waals surface area contributed by atoms with Gasteiger partial charge in [0.25, 0.3) is 0 Å². The van der Waals surface area contributed by atoms with Crippen LogP contribution in [-0.2, 0) is 17.4 Å². The fraction of sp³-hybridized carbons (Fsp3) is 1.00. The summed E-state index contributed by atoms with van der Waals surface area (Å²) in [4.78, 5) is 0. The number of hydrogen-bond donors (Lipinski definition) is 0. The first-order valence-electron chi connectivity index (χ1n) is 20.1. The standard InChI is InChI=1S/C39H81N3.3ClH.Cr/c1-4-7-10-13-16-19-22-25-28-31-35-40-37-34-38-41(36-32-29-26-23-20-17-14-11-8-5-2)42(40)39-33-30-27-24-21-18-15-12-9-6-3;;;;/h4-39H2,1-3H3;3*1H;/q;;;;+3/p-3. The summed E-state index contributed by atoms with van der Waals surface area (Å²) in [5.41, 5.74) is 0. The molecule has 279 valence electrons. The molecule has 3 nitrogen and oxygen atoms in total. The topological polar surface area (TPSA) is 9.72 Å². The van der Waals surface area contributed by atoms with Crippen molar-refractivity contribution >= 4 is 0 Å². The number of hydrogen-bond acceptors (Lipinski definition) is 3. The molecule has 0 aromatic carbocycles. The predicted octanol–water partition coefficient (Wildman–Crippen LogP) is 3.90. The summed E-state index contributed by atoms with van der Waals surface area (Å²) in [6.45, 7) is 13.3. The third kappa shape index (κ3) is 33.8. The second-order valence-electron chi connectivity index (χ2n) is 13.9. The average Bonchev–Trinajstić information content (AvgIpc) is 3.00. The van der Waals surface area contributed by atoms with Crippen LogP contribution in [0.25, 0.3) is 0 Å². The van der Waals surface area contributed by atoms with Gasteiger partial charge in [0.15, 0.2) is 0 Å². The molecule has 46 heavy (non-hydrogen) atoms. The monoisotopic (exact) mass is 748 g/mol. The van der Waals surface area contributed by atoms with Crippen LogP contribution in [0.15, 0.2) is 0 Å². The van der Waals surface area contributed by atoms with Crippen molar-refractivity contribution in [1.82, 2.24) is 15.1 Å². The Balaban J connectivity index is -0.00000220. The third-order valence-electron chi connectivity index (χ3n) is 9.74. The van der Waals surface area contributed by atoms with E-state index in [1.165, 1.54) is 232 Å². The Morgan fingerprint density at radius 2 is 0.522 bits per heavy atom. The first-order chi connectivity index (χ1) is 20.8. The minimum absolute atomic E-state index is 0. The van der Waals surface area contributed by atoms with Gasteiger partial charge in [-0.05, 0) is 25.7 Å². The van der Waals surface area contributed by atoms with Crippen molar-refractivity contribution in [3.63, 3.8) is 0 Å². The minimum atomic E-state index is 0. The number of nitrogens with zero attached hydrogens (tertiary/aromatic N) is 3. The molecule has 0 N–H and O–H groups in total. The van der Waals surface area contributed by atoms with Crippen molar-refractivity contribution in [2.24, 2.45) is 0 Å². The van der Waals surface area contributed by atoms with Crippen LogP contribution in [0.5, 0.6) is 0 Å². The molecule has 1 aliphatic heterocycles. The zero-order valence-electron chi connectivity index (χ0n) is 31.3. The average molecular weight is 750 g/mol. The van der Waals surface area contributed by atoms with Crippen LogP contribution < -0.4 is 37.2 Å². The molecule has 1 fully saturated rings. The second-order valence-corrected chi connectivity index (χ2v) is 13.9. The van der Waals surface area contributed by atoms with E-state index in [0.29, 0.717) is 0 Å². The van der Waals surface area contributed by atoms with Gasteiger partial charge in [-0.15, -0.1) is 0 Å². The summed E-state index contributed by atoms with van der Waals surface area (Å²) in [5, 5.41) is 8.27. The van der Waals surface area contributed by atoms with Gasteiger partial charge < -0.3 is 37.2 Å². The predicted molar refractivity (Wildman–Crippen MR) is 190 cm³/mol. The van der Waals surface area contributed by atoms with Crippen LogP contribution in [0.3, 0.4) is 0 Å². The quantitative estimate of drug-likeness (QED) is 0.0945. The molecular weight excluding hydrogens is 669 g/mol. The molecule has 0 saturated carbocycles. The first kappa shape index (κ1) is 54.1. The van der Waals surface area contributed by atoms with Gasteiger partial charge in [0.05, 0.1) is 0 Å². The summed E-state index contributed by atoms with van der Waals surface area (Å²) in [6.07, 6.45) is 44.4. The van der Waals surface area contributed by atoms with Crippen molar-refractivity contribution in [3.8, 4) is 0 Å². The van der Waals surface area contributed by atoms with Gasteiger partial charge in [0.1, 0.15) is 0 Å². The Morgan fingerprint density at radius 1 is 0.304 bits per heavy atom. The molecule has 0 unspecified atom stereocenters. The molecule has 1 heterocycles. The molecule has 1 radical (unpaired) electrons. The van der Waals surface area contributed by atoms with Crippen LogP contribution >= 0.6 is 0 Å². The zero-order valence-corrected chi connectivity index (χ0v) is 34.9. The maximum Gasteiger partial charge on any atom is 3.00 e. The smallest absolute Gasteiger partial charge is 1.00 e. The van der Waals surface area contributed by atoms with Crippen molar-refractivity contribution in [3.05, 3.63) is 0 Å². The molecular formula is C39H81Cl3CrN3. The van der Waals surface area contributed by atoms with E-state index in [2.05, 4.69) is 35.9 Å². The van der Waals surface area contributed by atoms with Crippen molar-refractivity contribution < 1.29 is 54.6 Å². The van der Waals surface area contributed by atoms with E-state index in [1.54, 1.807) is 0 Å². The van der Waals surface area contributed by atoms with Crippen LogP contribution in [0.1, 0.15) is 220 Å². The fourth-order valence-corrected chi connectivity index (χ4v) is 6.89. The largest absolute Gasteiger partial charge is 3.00 e. The van der Waals surface area contributed by atoms with Crippen LogP contribution in [0.2, 0.25) is 0 Å². The summed E-state index contributed by atoms with van der Waals surface area (Å²) in [6, 6.07) is 0. The third-order valence-corrected chi connectivity index (χ3v) is 9.74. The van der Waals surface area contributed by atoms with Crippen LogP contribution in [0, 0.1) is 0 Å². The summed E-state index contributed by atoms with van der Waals surface area (Å²) < 4.78 is 0. The minimum Gasteiger partial charge on any atom is -1.00 e. The SMILES string of the molecule is CCCCCCCCCCCCN1CCCN(CCCCCCCCCCCC)N1CCCCCCCCCCCC.[Cl-].[Cl-].[Cl-].[Cr+3]. The molecule has 0 bridgehead atoms. The van der Waals surface area contributed by atoms with Gasteiger partial charge in [-0.3, -0.25) is 0 Å². The Bertz CT molecular complexity index is 501. The van der Waals surface area contributed by atoms with Gasteiger partial charge in [0.2, 0.25) is 0 Å². The number of unbranched alkanes of at least 4 members (excludes halogenated alkanes) is 27. The van der Waals surface area contributed by atoms with Gasteiger partial charge in [0, 0.05) is 32.7 Å². The van der Waals surface area contributed by atoms with Gasteiger partial charge in [-0.2, -0.15) is 5.12 Å². The number of rotatable bonds is 33. The van der Waals surface area contributed by atoms with Crippen LogP contribution in [0.4, 0.5) is 0 Å². The van der Waals surface area contributed by atoms with E-state index >= 15 is 0 Å². The van der Waals surface area contributed by atoms with E-state index in [4.69, 9.17) is 0 Å². The number of halogens is 3. The van der Waals surface area contributed by atoms with Crippen LogP contribution in [-0.4, -0.2) is 47.9 Å². The molecule has 0 amide bonds. The van der Waals surface area contributed by atoms with Gasteiger partial charge in [-0.25, -0.2) is 10.0 Å². The molecule has 7 heteroatoms. The molecule has 0 aromatic rings. The zero-order chi connectivity index (χ0) is 30.2. The molecule has 1 aliphatic rings. The molecule has 0 spiro atoms. The maximum atomic E-state index is 2.76. The Hall–Kier alpha value is 1.28. The molecule has 1 rings (SSSR count). The Morgan fingerprint density at radius 3 is 0.783 bits per heavy atom. The van der Waals surface area contributed by atoms with E-state index < -0.39 is 0 Å². The van der Waals surface area contributed by atoms with Gasteiger partial charge >= 0.3 is 17.4 Å². The molecule has 0 aromatic heterocycles. The Labute approximate surface area is 320 Å². The number of hydrazine groups is 2. The van der Waals surface area contributed by atoms with E-state index in [9.17, 15) is 0 Å². The summed E-state index contributed by atoms with van der Waals surface area (Å²) in [7, 11) is 0. The Kier molecular flexibility index (Phi) is 52.1. The molecule has 0 atom stereocenters. The normalized spacial score (nSPS) is 13.9. The van der Waals surface area contributed by atoms with Crippen molar-refractivity contribution in [2.75, 3.05) is 32.7 Å². The van der Waals surface area contributed by atoms with E-state index in [1.807, 2.05) is 0 Å². The van der Waals surface area contributed by atoms with Gasteiger partial charge in [-0.1, -0.05) is 194 Å². The molecule has 0 aliphatic carbocycles. The van der Waals surface area contributed by atoms with Crippen molar-refractivity contribution in [1.29, 1.82) is 0 Å². The maximum absolute atomic E-state index is 2.76. The van der Waals surface area contributed by atoms with E-state index in [-0.39, 0.29) is 54.6 Å². The molecule has 1 saturated heterocycles. The van der Waals surface area contributed by atoms with Crippen molar-refractivity contribution in [2.45, 2.75) is 220 Å². The fourth-order valence-electron chi connectivity index (χ4n) is 6.89.